The van der Waals surface area contributed by atoms with Gasteiger partial charge in [-0.15, -0.1) is 0 Å². The fourth-order valence-electron chi connectivity index (χ4n) is 2.83. The molecule has 0 spiro atoms. The van der Waals surface area contributed by atoms with Crippen LogP contribution >= 0.6 is 0 Å². The number of aromatic nitrogens is 2. The summed E-state index contributed by atoms with van der Waals surface area (Å²) in [6.45, 7) is 0.821. The zero-order valence-corrected chi connectivity index (χ0v) is 11.5. The van der Waals surface area contributed by atoms with Crippen LogP contribution in [0.2, 0.25) is 0 Å². The maximum absolute atomic E-state index is 9.53. The van der Waals surface area contributed by atoms with E-state index in [1.165, 1.54) is 11.1 Å². The summed E-state index contributed by atoms with van der Waals surface area (Å²) in [5.74, 6) is 0. The molecule has 20 heavy (non-hydrogen) atoms. The van der Waals surface area contributed by atoms with E-state index < -0.39 is 0 Å². The highest BCUT2D eigenvalue weighted by molar-refractivity contribution is 5.62. The third-order valence-electron chi connectivity index (χ3n) is 4.06. The second-order valence-electron chi connectivity index (χ2n) is 5.52. The molecular formula is C16H21N3O. The molecule has 1 aromatic carbocycles. The first-order valence-electron chi connectivity index (χ1n) is 7.32. The van der Waals surface area contributed by atoms with Crippen LogP contribution in [0.25, 0.3) is 11.3 Å². The van der Waals surface area contributed by atoms with E-state index in [0.29, 0.717) is 6.04 Å². The number of hydrogen-bond acceptors (Lipinski definition) is 3. The normalized spacial score (nSPS) is 22.9. The first-order valence-corrected chi connectivity index (χ1v) is 7.32. The Morgan fingerprint density at radius 3 is 2.65 bits per heavy atom. The van der Waals surface area contributed by atoms with Gasteiger partial charge in [0, 0.05) is 18.2 Å². The van der Waals surface area contributed by atoms with E-state index in [4.69, 9.17) is 0 Å². The number of aliphatic hydroxyl groups excluding tert-OH is 1. The molecule has 0 saturated heterocycles. The van der Waals surface area contributed by atoms with Gasteiger partial charge in [0.25, 0.3) is 0 Å². The second kappa shape index (κ2) is 6.20. The maximum atomic E-state index is 9.53. The molecule has 106 valence electrons. The number of nitrogens with one attached hydrogen (secondary N) is 2. The van der Waals surface area contributed by atoms with Gasteiger partial charge in [-0.25, -0.2) is 0 Å². The molecule has 1 aromatic heterocycles. The van der Waals surface area contributed by atoms with Gasteiger partial charge in [0.2, 0.25) is 0 Å². The van der Waals surface area contributed by atoms with Crippen LogP contribution in [-0.4, -0.2) is 27.4 Å². The van der Waals surface area contributed by atoms with E-state index in [2.05, 4.69) is 27.6 Å². The molecule has 1 aliphatic rings. The molecule has 0 radical (unpaired) electrons. The molecule has 0 bridgehead atoms. The third-order valence-corrected chi connectivity index (χ3v) is 4.06. The molecule has 3 N–H and O–H groups in total. The monoisotopic (exact) mass is 271 g/mol. The topological polar surface area (TPSA) is 60.9 Å². The van der Waals surface area contributed by atoms with Crippen molar-refractivity contribution >= 4 is 0 Å². The molecule has 0 amide bonds. The fourth-order valence-corrected chi connectivity index (χ4v) is 2.83. The molecule has 3 rings (SSSR count). The van der Waals surface area contributed by atoms with Gasteiger partial charge in [0.15, 0.2) is 0 Å². The SMILES string of the molecule is OC1CCC(NCc2cn[nH]c2-c2ccccc2)CC1. The standard InChI is InChI=1S/C16H21N3O/c20-15-8-6-14(7-9-15)17-10-13-11-18-19-16(13)12-4-2-1-3-5-12/h1-5,11,14-15,17,20H,6-10H2,(H,18,19). The van der Waals surface area contributed by atoms with E-state index in [1.54, 1.807) is 0 Å². The molecule has 1 fully saturated rings. The summed E-state index contributed by atoms with van der Waals surface area (Å²) in [7, 11) is 0. The summed E-state index contributed by atoms with van der Waals surface area (Å²) >= 11 is 0. The summed E-state index contributed by atoms with van der Waals surface area (Å²) < 4.78 is 0. The molecule has 0 atom stereocenters. The minimum atomic E-state index is -0.0955. The van der Waals surface area contributed by atoms with Gasteiger partial charge in [-0.3, -0.25) is 5.10 Å². The van der Waals surface area contributed by atoms with Crippen LogP contribution in [0.4, 0.5) is 0 Å². The van der Waals surface area contributed by atoms with E-state index >= 15 is 0 Å². The Hall–Kier alpha value is -1.65. The van der Waals surface area contributed by atoms with Crippen molar-refractivity contribution in [3.8, 4) is 11.3 Å². The van der Waals surface area contributed by atoms with Crippen molar-refractivity contribution in [1.82, 2.24) is 15.5 Å². The molecule has 0 aliphatic heterocycles. The lowest BCUT2D eigenvalue weighted by Crippen LogP contribution is -2.34. The van der Waals surface area contributed by atoms with Gasteiger partial charge >= 0.3 is 0 Å². The average Bonchev–Trinajstić information content (AvgIpc) is 2.96. The van der Waals surface area contributed by atoms with Crippen molar-refractivity contribution < 1.29 is 5.11 Å². The maximum Gasteiger partial charge on any atom is 0.0695 e. The highest BCUT2D eigenvalue weighted by Gasteiger charge is 2.19. The predicted octanol–water partition coefficient (Wildman–Crippen LogP) is 2.47. The Morgan fingerprint density at radius 2 is 1.90 bits per heavy atom. The first kappa shape index (κ1) is 13.3. The Balaban J connectivity index is 1.63. The molecular weight excluding hydrogens is 250 g/mol. The highest BCUT2D eigenvalue weighted by Crippen LogP contribution is 2.22. The third kappa shape index (κ3) is 3.08. The van der Waals surface area contributed by atoms with Crippen molar-refractivity contribution in [2.75, 3.05) is 0 Å². The lowest BCUT2D eigenvalue weighted by Gasteiger charge is -2.26. The van der Waals surface area contributed by atoms with E-state index in [-0.39, 0.29) is 6.10 Å². The Labute approximate surface area is 119 Å². The quantitative estimate of drug-likeness (QED) is 0.800. The molecule has 4 nitrogen and oxygen atoms in total. The van der Waals surface area contributed by atoms with E-state index in [1.807, 2.05) is 24.4 Å². The predicted molar refractivity (Wildman–Crippen MR) is 79.1 cm³/mol. The van der Waals surface area contributed by atoms with Crippen LogP contribution in [0.3, 0.4) is 0 Å². The van der Waals surface area contributed by atoms with Crippen LogP contribution in [0.1, 0.15) is 31.2 Å². The number of aromatic amines is 1. The van der Waals surface area contributed by atoms with Gasteiger partial charge in [0.05, 0.1) is 18.0 Å². The number of aliphatic hydroxyl groups is 1. The number of benzene rings is 1. The number of rotatable bonds is 4. The van der Waals surface area contributed by atoms with Crippen LogP contribution < -0.4 is 5.32 Å². The van der Waals surface area contributed by atoms with Crippen LogP contribution in [0.15, 0.2) is 36.5 Å². The molecule has 0 unspecified atom stereocenters. The summed E-state index contributed by atoms with van der Waals surface area (Å²) in [6.07, 6.45) is 5.73. The Morgan fingerprint density at radius 1 is 1.15 bits per heavy atom. The smallest absolute Gasteiger partial charge is 0.0695 e. The van der Waals surface area contributed by atoms with Crippen LogP contribution in [0.5, 0.6) is 0 Å². The number of hydrogen-bond donors (Lipinski definition) is 3. The molecule has 2 aromatic rings. The van der Waals surface area contributed by atoms with Gasteiger partial charge < -0.3 is 10.4 Å². The van der Waals surface area contributed by atoms with Gasteiger partial charge in [-0.1, -0.05) is 30.3 Å². The van der Waals surface area contributed by atoms with E-state index in [0.717, 1.165) is 37.9 Å². The lowest BCUT2D eigenvalue weighted by atomic mass is 9.93. The Bertz CT molecular complexity index is 530. The van der Waals surface area contributed by atoms with Crippen molar-refractivity contribution in [1.29, 1.82) is 0 Å². The van der Waals surface area contributed by atoms with Crippen molar-refractivity contribution in [2.45, 2.75) is 44.4 Å². The highest BCUT2D eigenvalue weighted by atomic mass is 16.3. The van der Waals surface area contributed by atoms with Crippen LogP contribution in [-0.2, 0) is 6.54 Å². The minimum absolute atomic E-state index is 0.0955. The van der Waals surface area contributed by atoms with Crippen molar-refractivity contribution in [2.24, 2.45) is 0 Å². The van der Waals surface area contributed by atoms with Crippen molar-refractivity contribution in [3.63, 3.8) is 0 Å². The first-order chi connectivity index (χ1) is 9.83. The fraction of sp³-hybridized carbons (Fsp3) is 0.438. The summed E-state index contributed by atoms with van der Waals surface area (Å²) in [6, 6.07) is 10.8. The van der Waals surface area contributed by atoms with Gasteiger partial charge in [-0.05, 0) is 31.2 Å². The Kier molecular flexibility index (Phi) is 4.14. The largest absolute Gasteiger partial charge is 0.393 e. The lowest BCUT2D eigenvalue weighted by molar-refractivity contribution is 0.116. The van der Waals surface area contributed by atoms with Gasteiger partial charge in [-0.2, -0.15) is 5.10 Å². The van der Waals surface area contributed by atoms with E-state index in [9.17, 15) is 5.11 Å². The molecule has 4 heteroatoms. The zero-order chi connectivity index (χ0) is 13.8. The zero-order valence-electron chi connectivity index (χ0n) is 11.5. The minimum Gasteiger partial charge on any atom is -0.393 e. The average molecular weight is 271 g/mol. The summed E-state index contributed by atoms with van der Waals surface area (Å²) in [5.41, 5.74) is 3.46. The summed E-state index contributed by atoms with van der Waals surface area (Å²) in [4.78, 5) is 0. The second-order valence-corrected chi connectivity index (χ2v) is 5.52. The number of H-pyrrole nitrogens is 1. The van der Waals surface area contributed by atoms with Gasteiger partial charge in [0.1, 0.15) is 0 Å². The molecule has 1 aliphatic carbocycles. The molecule has 1 heterocycles. The van der Waals surface area contributed by atoms with Crippen molar-refractivity contribution in [3.05, 3.63) is 42.1 Å². The van der Waals surface area contributed by atoms with Crippen LogP contribution in [0, 0.1) is 0 Å². The number of nitrogens with zero attached hydrogens (tertiary/aromatic N) is 1. The molecule has 1 saturated carbocycles. The summed E-state index contributed by atoms with van der Waals surface area (Å²) in [5, 5.41) is 20.4.